The average molecular weight is 613 g/mol. The number of fused-ring (bicyclic) bond motifs is 1. The predicted octanol–water partition coefficient (Wildman–Crippen LogP) is 5.24. The largest absolute Gasteiger partial charge is 0.366 e. The van der Waals surface area contributed by atoms with E-state index in [1.165, 1.54) is 16.7 Å². The first kappa shape index (κ1) is 30.9. The maximum Gasteiger partial charge on any atom is 0.274 e. The molecule has 5 rings (SSSR count). The predicted molar refractivity (Wildman–Crippen MR) is 174 cm³/mol. The lowest BCUT2D eigenvalue weighted by atomic mass is 10.0. The molecule has 3 aromatic heterocycles. The van der Waals surface area contributed by atoms with Crippen LogP contribution in [0.2, 0.25) is 5.02 Å². The maximum absolute atomic E-state index is 15.1. The Hall–Kier alpha value is -4.52. The first-order valence-electron chi connectivity index (χ1n) is 14.4. The maximum atomic E-state index is 15.1. The molecule has 0 saturated carbocycles. The second kappa shape index (κ2) is 12.6. The van der Waals surface area contributed by atoms with Gasteiger partial charge >= 0.3 is 0 Å². The quantitative estimate of drug-likeness (QED) is 0.210. The van der Waals surface area contributed by atoms with E-state index in [9.17, 15) is 9.59 Å². The summed E-state index contributed by atoms with van der Waals surface area (Å²) < 4.78 is 16.6. The van der Waals surface area contributed by atoms with Crippen LogP contribution >= 0.6 is 11.6 Å². The van der Waals surface area contributed by atoms with Gasteiger partial charge in [-0.25, -0.2) is 9.37 Å². The van der Waals surface area contributed by atoms with Crippen molar-refractivity contribution in [2.45, 2.75) is 26.3 Å². The molecule has 1 amide bonds. The van der Waals surface area contributed by atoms with E-state index < -0.39 is 11.4 Å². The highest BCUT2D eigenvalue weighted by Gasteiger charge is 2.29. The summed E-state index contributed by atoms with van der Waals surface area (Å²) in [5, 5.41) is 0.752. The van der Waals surface area contributed by atoms with Crippen LogP contribution in [0.1, 0.15) is 36.6 Å². The van der Waals surface area contributed by atoms with Gasteiger partial charge in [0.2, 0.25) is 5.91 Å². The number of piperazine rings is 1. The summed E-state index contributed by atoms with van der Waals surface area (Å²) in [6.45, 7) is 9.81. The molecule has 1 aliphatic rings. The highest BCUT2D eigenvalue weighted by Crippen LogP contribution is 2.38. The van der Waals surface area contributed by atoms with Gasteiger partial charge in [-0.05, 0) is 55.9 Å². The smallest absolute Gasteiger partial charge is 0.274 e. The van der Waals surface area contributed by atoms with Crippen molar-refractivity contribution in [1.82, 2.24) is 24.3 Å². The number of anilines is 1. The number of nitrogens with zero attached hydrogens (tertiary/aromatic N) is 6. The van der Waals surface area contributed by atoms with Gasteiger partial charge in [-0.1, -0.05) is 50.1 Å². The molecule has 4 heterocycles. The molecule has 0 aliphatic carbocycles. The normalized spacial score (nSPS) is 13.5. The fourth-order valence-electron chi connectivity index (χ4n) is 5.72. The number of hydrogen-bond donors (Lipinski definition) is 0. The summed E-state index contributed by atoms with van der Waals surface area (Å²) in [6.07, 6.45) is 9.12. The number of pyridine rings is 3. The fraction of sp³-hybridized carbons (Fsp3) is 0.294. The molecule has 226 valence electrons. The van der Waals surface area contributed by atoms with Crippen molar-refractivity contribution >= 4 is 34.2 Å². The van der Waals surface area contributed by atoms with E-state index in [1.54, 1.807) is 35.4 Å². The van der Waals surface area contributed by atoms with E-state index in [0.717, 1.165) is 5.56 Å². The van der Waals surface area contributed by atoms with Crippen LogP contribution in [0.3, 0.4) is 0 Å². The van der Waals surface area contributed by atoms with E-state index in [4.69, 9.17) is 23.0 Å². The van der Waals surface area contributed by atoms with E-state index in [2.05, 4.69) is 17.5 Å². The summed E-state index contributed by atoms with van der Waals surface area (Å²) in [6, 6.07) is 9.83. The van der Waals surface area contributed by atoms with E-state index >= 15 is 4.39 Å². The number of terminal acetylenes is 1. The molecule has 1 fully saturated rings. The van der Waals surface area contributed by atoms with Crippen LogP contribution in [-0.4, -0.2) is 70.5 Å². The van der Waals surface area contributed by atoms with Crippen LogP contribution < -0.4 is 10.5 Å². The molecule has 8 nitrogen and oxygen atoms in total. The first-order valence-corrected chi connectivity index (χ1v) is 14.7. The van der Waals surface area contributed by atoms with Gasteiger partial charge in [0.15, 0.2) is 0 Å². The number of aromatic nitrogens is 3. The zero-order valence-corrected chi connectivity index (χ0v) is 26.0. The zero-order valence-electron chi connectivity index (χ0n) is 25.3. The summed E-state index contributed by atoms with van der Waals surface area (Å²) >= 11 is 6.85. The molecule has 1 saturated heterocycles. The molecule has 0 spiro atoms. The highest BCUT2D eigenvalue weighted by atomic mass is 35.5. The summed E-state index contributed by atoms with van der Waals surface area (Å²) in [5.41, 5.74) is 3.05. The van der Waals surface area contributed by atoms with Crippen molar-refractivity contribution in [3.8, 4) is 29.3 Å². The molecular weight excluding hydrogens is 579 g/mol. The SMILES string of the molecule is C#Cc1c(N2CCN(C(=O)C=C)CC2)c2cc(Cl)c(-c3ccccc3F)nc2n(-c2c(CN(C)C)ccnc2C(C)C)c1=O. The third kappa shape index (κ3) is 5.59. The standard InChI is InChI=1S/C34H34ClFN6O2/c1-7-23-32(41-17-15-40(16-18-41)28(43)8-2)25-19-26(35)30(24-11-9-10-12-27(24)36)38-33(25)42(34(23)44)31-22(20-39(5)6)13-14-37-29(31)21(3)4/h1,8-14,19,21H,2,15-18,20H2,3-6H3. The minimum absolute atomic E-state index is 0.0446. The van der Waals surface area contributed by atoms with Gasteiger partial charge in [0.1, 0.15) is 17.0 Å². The lowest BCUT2D eigenvalue weighted by molar-refractivity contribution is -0.126. The highest BCUT2D eigenvalue weighted by molar-refractivity contribution is 6.34. The number of carbonyl (C=O) groups excluding carboxylic acids is 1. The van der Waals surface area contributed by atoms with Crippen LogP contribution in [0, 0.1) is 18.2 Å². The molecule has 0 unspecified atom stereocenters. The van der Waals surface area contributed by atoms with Crippen molar-refractivity contribution < 1.29 is 9.18 Å². The Morgan fingerprint density at radius 2 is 1.89 bits per heavy atom. The average Bonchev–Trinajstić information content (AvgIpc) is 3.00. The minimum atomic E-state index is -0.490. The summed E-state index contributed by atoms with van der Waals surface area (Å²) in [5.74, 6) is 1.97. The van der Waals surface area contributed by atoms with Gasteiger partial charge in [0.05, 0.1) is 27.8 Å². The van der Waals surface area contributed by atoms with Gasteiger partial charge in [-0.3, -0.25) is 19.1 Å². The zero-order chi connectivity index (χ0) is 31.7. The monoisotopic (exact) mass is 612 g/mol. The molecule has 0 atom stereocenters. The van der Waals surface area contributed by atoms with Crippen molar-refractivity contribution in [1.29, 1.82) is 0 Å². The molecule has 1 aliphatic heterocycles. The summed E-state index contributed by atoms with van der Waals surface area (Å²) in [4.78, 5) is 42.2. The lowest BCUT2D eigenvalue weighted by Crippen LogP contribution is -2.49. The van der Waals surface area contributed by atoms with Gasteiger partial charge in [-0.15, -0.1) is 6.42 Å². The lowest BCUT2D eigenvalue weighted by Gasteiger charge is -2.37. The van der Waals surface area contributed by atoms with Crippen LogP contribution in [0.4, 0.5) is 10.1 Å². The second-order valence-corrected chi connectivity index (χ2v) is 11.7. The second-order valence-electron chi connectivity index (χ2n) is 11.3. The van der Waals surface area contributed by atoms with E-state index in [1.807, 2.05) is 43.8 Å². The molecular formula is C34H34ClFN6O2. The van der Waals surface area contributed by atoms with Gasteiger partial charge in [-0.2, -0.15) is 0 Å². The minimum Gasteiger partial charge on any atom is -0.366 e. The number of halogens is 2. The van der Waals surface area contributed by atoms with E-state index in [0.29, 0.717) is 55.2 Å². The number of amides is 1. The number of rotatable bonds is 7. The van der Waals surface area contributed by atoms with Gasteiger partial charge < -0.3 is 14.7 Å². The number of benzene rings is 1. The number of hydrogen-bond acceptors (Lipinski definition) is 6. The molecule has 0 radical (unpaired) electrons. The third-order valence-corrected chi connectivity index (χ3v) is 8.01. The van der Waals surface area contributed by atoms with Gasteiger partial charge in [0, 0.05) is 49.9 Å². The summed E-state index contributed by atoms with van der Waals surface area (Å²) in [7, 11) is 3.89. The van der Waals surface area contributed by atoms with Gasteiger partial charge in [0.25, 0.3) is 5.56 Å². The van der Waals surface area contributed by atoms with E-state index in [-0.39, 0.29) is 39.3 Å². The first-order chi connectivity index (χ1) is 21.1. The molecule has 0 bridgehead atoms. The molecule has 10 heteroatoms. The third-order valence-electron chi connectivity index (χ3n) is 7.73. The Bertz CT molecular complexity index is 1870. The molecule has 4 aromatic rings. The van der Waals surface area contributed by atoms with Crippen LogP contribution in [0.25, 0.3) is 28.0 Å². The topological polar surface area (TPSA) is 74.6 Å². The van der Waals surface area contributed by atoms with Crippen LogP contribution in [0.15, 0.2) is 60.0 Å². The molecule has 1 aromatic carbocycles. The Kier molecular flexibility index (Phi) is 8.86. The fourth-order valence-corrected chi connectivity index (χ4v) is 5.97. The molecule has 44 heavy (non-hydrogen) atoms. The Morgan fingerprint density at radius 3 is 2.50 bits per heavy atom. The van der Waals surface area contributed by atoms with Crippen molar-refractivity contribution in [2.24, 2.45) is 0 Å². The van der Waals surface area contributed by atoms with Crippen molar-refractivity contribution in [3.63, 3.8) is 0 Å². The molecule has 0 N–H and O–H groups in total. The van der Waals surface area contributed by atoms with Crippen molar-refractivity contribution in [2.75, 3.05) is 45.2 Å². The van der Waals surface area contributed by atoms with Crippen molar-refractivity contribution in [3.05, 3.63) is 93.3 Å². The van der Waals surface area contributed by atoms with Crippen LogP contribution in [-0.2, 0) is 11.3 Å². The Balaban J connectivity index is 1.90. The number of carbonyl (C=O) groups is 1. The Labute approximate surface area is 261 Å². The van der Waals surface area contributed by atoms with Crippen LogP contribution in [0.5, 0.6) is 0 Å². The Morgan fingerprint density at radius 1 is 1.18 bits per heavy atom.